The molecule has 0 bridgehead atoms. The molecule has 3 rings (SSSR count). The molecule has 28 heavy (non-hydrogen) atoms. The third-order valence-corrected chi connectivity index (χ3v) is 8.04. The van der Waals surface area contributed by atoms with E-state index in [1.54, 1.807) is 0 Å². The van der Waals surface area contributed by atoms with Crippen molar-refractivity contribution in [3.8, 4) is 12.3 Å². The van der Waals surface area contributed by atoms with E-state index in [1.807, 2.05) is 6.92 Å². The molecule has 0 radical (unpaired) electrons. The Morgan fingerprint density at radius 3 is 2.68 bits per heavy atom. The normalized spacial score (nSPS) is 40.7. The van der Waals surface area contributed by atoms with Crippen molar-refractivity contribution in [1.29, 1.82) is 0 Å². The third kappa shape index (κ3) is 3.19. The maximum Gasteiger partial charge on any atom is 0.338 e. The molecule has 2 N–H and O–H groups in total. The van der Waals surface area contributed by atoms with E-state index in [9.17, 15) is 14.7 Å². The van der Waals surface area contributed by atoms with Crippen LogP contribution in [0, 0.1) is 40.4 Å². The lowest BCUT2D eigenvalue weighted by Crippen LogP contribution is -2.57. The van der Waals surface area contributed by atoms with Crippen molar-refractivity contribution < 1.29 is 14.7 Å². The summed E-state index contributed by atoms with van der Waals surface area (Å²) in [6.45, 7) is 10.7. The molecule has 6 atom stereocenters. The summed E-state index contributed by atoms with van der Waals surface area (Å²) < 4.78 is 0. The molecule has 4 heteroatoms. The van der Waals surface area contributed by atoms with E-state index in [4.69, 9.17) is 6.42 Å². The number of carbonyl (C=O) groups excluding carboxylic acids is 1. The lowest BCUT2D eigenvalue weighted by Gasteiger charge is -2.58. The number of hydrogen-bond acceptors (Lipinski definition) is 2. The number of hydrogen-bond donors (Lipinski definition) is 2. The molecule has 0 aliphatic heterocycles. The Hall–Kier alpha value is -2.02. The van der Waals surface area contributed by atoms with E-state index in [0.717, 1.165) is 44.9 Å². The summed E-state index contributed by atoms with van der Waals surface area (Å²) in [5.74, 6) is 1.55. The minimum Gasteiger partial charge on any atom is -0.479 e. The number of carboxylic acids is 1. The van der Waals surface area contributed by atoms with Crippen LogP contribution >= 0.6 is 0 Å². The van der Waals surface area contributed by atoms with Crippen LogP contribution in [-0.2, 0) is 9.59 Å². The molecule has 152 valence electrons. The number of terminal acetylenes is 1. The SMILES string of the molecule is C#C[C@H](NC(=O)[C@]1(C)CCC[C@@]2(C)C3=CC[C@](C)(C=C)CC3CCC12)C(=O)O. The van der Waals surface area contributed by atoms with Crippen LogP contribution in [0.2, 0.25) is 0 Å². The van der Waals surface area contributed by atoms with E-state index in [-0.39, 0.29) is 22.7 Å². The van der Waals surface area contributed by atoms with E-state index >= 15 is 0 Å². The average molecular weight is 384 g/mol. The number of nitrogens with one attached hydrogen (secondary N) is 1. The second-order valence-electron chi connectivity index (χ2n) is 9.85. The third-order valence-electron chi connectivity index (χ3n) is 8.04. The van der Waals surface area contributed by atoms with Crippen molar-refractivity contribution in [1.82, 2.24) is 5.32 Å². The Labute approximate surface area is 168 Å². The fourth-order valence-corrected chi connectivity index (χ4v) is 6.36. The molecule has 2 unspecified atom stereocenters. The summed E-state index contributed by atoms with van der Waals surface area (Å²) >= 11 is 0. The quantitative estimate of drug-likeness (QED) is 0.561. The summed E-state index contributed by atoms with van der Waals surface area (Å²) in [7, 11) is 0. The Morgan fingerprint density at radius 1 is 1.36 bits per heavy atom. The molecule has 0 heterocycles. The summed E-state index contributed by atoms with van der Waals surface area (Å²) in [6, 6.07) is -1.27. The Kier molecular flexibility index (Phi) is 5.25. The highest BCUT2D eigenvalue weighted by Gasteiger charge is 2.57. The molecule has 0 saturated heterocycles. The predicted octanol–water partition coefficient (Wildman–Crippen LogP) is 4.32. The van der Waals surface area contributed by atoms with Crippen molar-refractivity contribution in [2.24, 2.45) is 28.1 Å². The maximum atomic E-state index is 13.2. The van der Waals surface area contributed by atoms with Gasteiger partial charge in [-0.15, -0.1) is 13.0 Å². The van der Waals surface area contributed by atoms with Crippen LogP contribution in [-0.4, -0.2) is 23.0 Å². The second kappa shape index (κ2) is 7.10. The highest BCUT2D eigenvalue weighted by atomic mass is 16.4. The van der Waals surface area contributed by atoms with Crippen molar-refractivity contribution in [2.45, 2.75) is 71.8 Å². The van der Waals surface area contributed by atoms with Gasteiger partial charge in [-0.1, -0.05) is 50.8 Å². The Balaban J connectivity index is 1.91. The van der Waals surface area contributed by atoms with Gasteiger partial charge in [-0.25, -0.2) is 4.79 Å². The summed E-state index contributed by atoms with van der Waals surface area (Å²) in [4.78, 5) is 24.5. The van der Waals surface area contributed by atoms with E-state index < -0.39 is 17.4 Å². The van der Waals surface area contributed by atoms with Crippen LogP contribution in [0.4, 0.5) is 0 Å². The first-order valence-electron chi connectivity index (χ1n) is 10.4. The molecule has 2 fully saturated rings. The fourth-order valence-electron chi connectivity index (χ4n) is 6.36. The smallest absolute Gasteiger partial charge is 0.338 e. The summed E-state index contributed by atoms with van der Waals surface area (Å²) in [6.07, 6.45) is 16.9. The monoisotopic (exact) mass is 383 g/mol. The number of carbonyl (C=O) groups is 2. The molecular weight excluding hydrogens is 350 g/mol. The van der Waals surface area contributed by atoms with E-state index in [1.165, 1.54) is 5.57 Å². The van der Waals surface area contributed by atoms with Gasteiger partial charge in [-0.05, 0) is 61.2 Å². The minimum atomic E-state index is -1.27. The van der Waals surface area contributed by atoms with Crippen LogP contribution in [0.3, 0.4) is 0 Å². The molecule has 0 spiro atoms. The first-order chi connectivity index (χ1) is 13.1. The number of amides is 1. The first-order valence-corrected chi connectivity index (χ1v) is 10.4. The zero-order valence-electron chi connectivity index (χ0n) is 17.4. The molecule has 3 aliphatic carbocycles. The molecule has 0 aromatic rings. The number of aliphatic carboxylic acids is 1. The van der Waals surface area contributed by atoms with Crippen LogP contribution in [0.25, 0.3) is 0 Å². The van der Waals surface area contributed by atoms with Gasteiger partial charge in [0, 0.05) is 0 Å². The van der Waals surface area contributed by atoms with E-state index in [2.05, 4.69) is 43.8 Å². The lowest BCUT2D eigenvalue weighted by molar-refractivity contribution is -0.147. The van der Waals surface area contributed by atoms with Gasteiger partial charge in [-0.2, -0.15) is 0 Å². The molecule has 3 aliphatic rings. The van der Waals surface area contributed by atoms with Crippen LogP contribution in [0.15, 0.2) is 24.3 Å². The average Bonchev–Trinajstić information content (AvgIpc) is 2.65. The van der Waals surface area contributed by atoms with Crippen molar-refractivity contribution >= 4 is 11.9 Å². The van der Waals surface area contributed by atoms with Gasteiger partial charge in [0.2, 0.25) is 5.91 Å². The minimum absolute atomic E-state index is 0.00931. The highest BCUT2D eigenvalue weighted by Crippen LogP contribution is 2.63. The molecule has 2 saturated carbocycles. The standard InChI is InChI=1S/C24H33NO3/c1-6-18(20(26)27)25-21(28)24(5)13-8-12-23(4)17-11-14-22(3,7-2)15-16(17)9-10-19(23)24/h1,7,11,16,18-19H,2,8-10,12-15H2,3-5H3,(H,25,28)(H,26,27)/t16?,18-,19?,22-,23-,24+/m0/s1. The van der Waals surface area contributed by atoms with Crippen molar-refractivity contribution in [3.63, 3.8) is 0 Å². The van der Waals surface area contributed by atoms with Crippen molar-refractivity contribution in [2.75, 3.05) is 0 Å². The molecule has 0 aromatic heterocycles. The maximum absolute atomic E-state index is 13.2. The molecule has 1 amide bonds. The van der Waals surface area contributed by atoms with Crippen LogP contribution < -0.4 is 5.32 Å². The zero-order valence-corrected chi connectivity index (χ0v) is 17.4. The summed E-state index contributed by atoms with van der Waals surface area (Å²) in [5, 5.41) is 11.9. The van der Waals surface area contributed by atoms with Gasteiger partial charge >= 0.3 is 5.97 Å². The molecule has 4 nitrogen and oxygen atoms in total. The van der Waals surface area contributed by atoms with Gasteiger partial charge in [0.25, 0.3) is 0 Å². The van der Waals surface area contributed by atoms with Gasteiger partial charge < -0.3 is 10.4 Å². The predicted molar refractivity (Wildman–Crippen MR) is 110 cm³/mol. The van der Waals surface area contributed by atoms with Gasteiger partial charge in [0.15, 0.2) is 6.04 Å². The lowest BCUT2D eigenvalue weighted by atomic mass is 9.46. The van der Waals surface area contributed by atoms with Crippen molar-refractivity contribution in [3.05, 3.63) is 24.3 Å². The molecule has 0 aromatic carbocycles. The van der Waals surface area contributed by atoms with E-state index in [0.29, 0.717) is 5.92 Å². The number of allylic oxidation sites excluding steroid dienone is 3. The zero-order chi connectivity index (χ0) is 20.7. The number of carboxylic acid groups (broad SMARTS) is 1. The fraction of sp³-hybridized carbons (Fsp3) is 0.667. The van der Waals surface area contributed by atoms with Gasteiger partial charge in [0.05, 0.1) is 5.41 Å². The summed E-state index contributed by atoms with van der Waals surface area (Å²) in [5.41, 5.74) is 1.08. The number of fused-ring (bicyclic) bond motifs is 3. The second-order valence-corrected chi connectivity index (χ2v) is 9.85. The Bertz CT molecular complexity index is 762. The Morgan fingerprint density at radius 2 is 2.07 bits per heavy atom. The highest BCUT2D eigenvalue weighted by molar-refractivity contribution is 5.89. The number of rotatable bonds is 4. The first kappa shape index (κ1) is 20.7. The topological polar surface area (TPSA) is 66.4 Å². The molecular formula is C24H33NO3. The van der Waals surface area contributed by atoms with Gasteiger partial charge in [0.1, 0.15) is 0 Å². The van der Waals surface area contributed by atoms with Gasteiger partial charge in [-0.3, -0.25) is 4.79 Å². The van der Waals surface area contributed by atoms with Crippen LogP contribution in [0.5, 0.6) is 0 Å². The van der Waals surface area contributed by atoms with Crippen LogP contribution in [0.1, 0.15) is 65.7 Å². The largest absolute Gasteiger partial charge is 0.479 e.